The molecule has 0 aliphatic carbocycles. The number of hydrogen-bond acceptors (Lipinski definition) is 3. The summed E-state index contributed by atoms with van der Waals surface area (Å²) in [5.41, 5.74) is 9.29. The van der Waals surface area contributed by atoms with E-state index in [-0.39, 0.29) is 17.9 Å². The van der Waals surface area contributed by atoms with Gasteiger partial charge in [0.2, 0.25) is 0 Å². The molecule has 0 saturated carbocycles. The molecule has 2 N–H and O–H groups in total. The molecule has 0 aliphatic rings. The van der Waals surface area contributed by atoms with E-state index in [1.165, 1.54) is 4.57 Å². The van der Waals surface area contributed by atoms with Gasteiger partial charge in [0, 0.05) is 0 Å². The smallest absolute Gasteiger partial charge is 0.331 e. The number of nitrogen functional groups attached to an aromatic ring is 1. The summed E-state index contributed by atoms with van der Waals surface area (Å²) < 4.78 is 2.89. The minimum Gasteiger partial charge on any atom is -0.393 e. The van der Waals surface area contributed by atoms with Crippen molar-refractivity contribution in [2.75, 3.05) is 5.73 Å². The van der Waals surface area contributed by atoms with Crippen molar-refractivity contribution in [1.29, 1.82) is 0 Å². The van der Waals surface area contributed by atoms with Crippen molar-refractivity contribution in [3.63, 3.8) is 0 Å². The molecule has 0 saturated heterocycles. The van der Waals surface area contributed by atoms with Gasteiger partial charge in [0.05, 0.1) is 18.8 Å². The van der Waals surface area contributed by atoms with E-state index in [2.05, 4.69) is 0 Å². The Hall–Kier alpha value is -3.86. The highest BCUT2D eigenvalue weighted by atomic mass is 16.2. The van der Waals surface area contributed by atoms with Gasteiger partial charge in [-0.3, -0.25) is 13.9 Å². The van der Waals surface area contributed by atoms with Crippen LogP contribution in [0.3, 0.4) is 0 Å². The molecule has 1 aromatic heterocycles. The number of hydrogen-bond donors (Lipinski definition) is 1. The summed E-state index contributed by atoms with van der Waals surface area (Å²) in [5, 5.41) is 0. The quantitative estimate of drug-likeness (QED) is 0.506. The third kappa shape index (κ3) is 4.67. The van der Waals surface area contributed by atoms with Crippen molar-refractivity contribution in [3.05, 3.63) is 134 Å². The number of aryl methyl sites for hydroxylation is 1. The van der Waals surface area contributed by atoms with Gasteiger partial charge in [-0.15, -0.1) is 0 Å². The maximum absolute atomic E-state index is 13.5. The molecule has 3 aromatic carbocycles. The summed E-state index contributed by atoms with van der Waals surface area (Å²) in [6.07, 6.45) is 1.21. The van der Waals surface area contributed by atoms with Crippen molar-refractivity contribution in [2.45, 2.75) is 25.9 Å². The molecule has 4 rings (SSSR count). The Morgan fingerprint density at radius 3 is 1.55 bits per heavy atom. The standard InChI is InChI=1S/C26H25N3O2/c27-24-23(17-16-20-10-4-1-5-11-20)28(18-21-12-6-2-7-13-21)26(31)29(25(24)30)19-22-14-8-3-9-15-22/h1-15H,16-19,27H2. The Kier molecular flexibility index (Phi) is 6.13. The van der Waals surface area contributed by atoms with E-state index in [9.17, 15) is 9.59 Å². The van der Waals surface area contributed by atoms with E-state index >= 15 is 0 Å². The van der Waals surface area contributed by atoms with Crippen LogP contribution in [0.15, 0.2) is 101 Å². The Bertz CT molecular complexity index is 1260. The molecule has 0 radical (unpaired) electrons. The van der Waals surface area contributed by atoms with E-state index in [1.54, 1.807) is 4.57 Å². The zero-order chi connectivity index (χ0) is 21.6. The molecular formula is C26H25N3O2. The lowest BCUT2D eigenvalue weighted by molar-refractivity contribution is 0.587. The lowest BCUT2D eigenvalue weighted by Crippen LogP contribution is -2.43. The summed E-state index contributed by atoms with van der Waals surface area (Å²) in [6.45, 7) is 0.555. The topological polar surface area (TPSA) is 70.0 Å². The highest BCUT2D eigenvalue weighted by Gasteiger charge is 2.17. The number of rotatable bonds is 7. The maximum Gasteiger partial charge on any atom is 0.331 e. The van der Waals surface area contributed by atoms with Crippen molar-refractivity contribution in [2.24, 2.45) is 0 Å². The molecule has 0 fully saturated rings. The van der Waals surface area contributed by atoms with E-state index in [0.29, 0.717) is 25.1 Å². The van der Waals surface area contributed by atoms with Crippen LogP contribution in [0.25, 0.3) is 0 Å². The number of benzene rings is 3. The zero-order valence-corrected chi connectivity index (χ0v) is 17.3. The lowest BCUT2D eigenvalue weighted by Gasteiger charge is -2.18. The molecule has 156 valence electrons. The average molecular weight is 412 g/mol. The summed E-state index contributed by atoms with van der Waals surface area (Å²) >= 11 is 0. The van der Waals surface area contributed by atoms with Gasteiger partial charge in [-0.1, -0.05) is 91.0 Å². The Labute approximate surface area is 181 Å². The van der Waals surface area contributed by atoms with Crippen LogP contribution in [0.5, 0.6) is 0 Å². The SMILES string of the molecule is Nc1c(CCc2ccccc2)n(Cc2ccccc2)c(=O)n(Cc2ccccc2)c1=O. The van der Waals surface area contributed by atoms with Crippen LogP contribution >= 0.6 is 0 Å². The lowest BCUT2D eigenvalue weighted by atomic mass is 10.1. The molecule has 31 heavy (non-hydrogen) atoms. The first kappa shape index (κ1) is 20.4. The summed E-state index contributed by atoms with van der Waals surface area (Å²) in [7, 11) is 0. The molecular weight excluding hydrogens is 386 g/mol. The Morgan fingerprint density at radius 2 is 1.03 bits per heavy atom. The molecule has 0 spiro atoms. The van der Waals surface area contributed by atoms with Gasteiger partial charge in [-0.05, 0) is 29.5 Å². The highest BCUT2D eigenvalue weighted by Crippen LogP contribution is 2.13. The average Bonchev–Trinajstić information content (AvgIpc) is 2.82. The number of anilines is 1. The van der Waals surface area contributed by atoms with Crippen molar-refractivity contribution < 1.29 is 0 Å². The van der Waals surface area contributed by atoms with Gasteiger partial charge >= 0.3 is 5.69 Å². The van der Waals surface area contributed by atoms with Gasteiger partial charge < -0.3 is 5.73 Å². The number of aromatic nitrogens is 2. The predicted octanol–water partition coefficient (Wildman–Crippen LogP) is 3.47. The number of nitrogens with two attached hydrogens (primary N) is 1. The van der Waals surface area contributed by atoms with E-state index in [4.69, 9.17) is 5.73 Å². The Balaban J connectivity index is 1.78. The van der Waals surface area contributed by atoms with Crippen molar-refractivity contribution in [1.82, 2.24) is 9.13 Å². The summed E-state index contributed by atoms with van der Waals surface area (Å²) in [6, 6.07) is 29.2. The fourth-order valence-corrected chi connectivity index (χ4v) is 3.77. The van der Waals surface area contributed by atoms with Crippen LogP contribution in [0, 0.1) is 0 Å². The van der Waals surface area contributed by atoms with Crippen LogP contribution in [-0.2, 0) is 25.9 Å². The zero-order valence-electron chi connectivity index (χ0n) is 17.3. The van der Waals surface area contributed by atoms with Gasteiger partial charge in [-0.25, -0.2) is 4.79 Å². The third-order valence-electron chi connectivity index (χ3n) is 5.43. The van der Waals surface area contributed by atoms with Crippen LogP contribution in [0.1, 0.15) is 22.4 Å². The molecule has 0 amide bonds. The fraction of sp³-hybridized carbons (Fsp3) is 0.154. The van der Waals surface area contributed by atoms with Crippen LogP contribution in [0.2, 0.25) is 0 Å². The molecule has 5 nitrogen and oxygen atoms in total. The highest BCUT2D eigenvalue weighted by molar-refractivity contribution is 5.42. The van der Waals surface area contributed by atoms with Crippen LogP contribution < -0.4 is 17.0 Å². The first-order chi connectivity index (χ1) is 15.1. The predicted molar refractivity (Wildman–Crippen MR) is 124 cm³/mol. The minimum atomic E-state index is -0.429. The second-order valence-corrected chi connectivity index (χ2v) is 7.58. The second-order valence-electron chi connectivity index (χ2n) is 7.58. The molecule has 0 atom stereocenters. The van der Waals surface area contributed by atoms with Gasteiger partial charge in [0.25, 0.3) is 5.56 Å². The van der Waals surface area contributed by atoms with E-state index < -0.39 is 5.56 Å². The fourth-order valence-electron chi connectivity index (χ4n) is 3.77. The first-order valence-corrected chi connectivity index (χ1v) is 10.4. The molecule has 1 heterocycles. The largest absolute Gasteiger partial charge is 0.393 e. The van der Waals surface area contributed by atoms with Crippen molar-refractivity contribution in [3.8, 4) is 0 Å². The molecule has 0 aliphatic heterocycles. The first-order valence-electron chi connectivity index (χ1n) is 10.4. The summed E-state index contributed by atoms with van der Waals surface area (Å²) in [4.78, 5) is 26.5. The third-order valence-corrected chi connectivity index (χ3v) is 5.43. The maximum atomic E-state index is 13.5. The van der Waals surface area contributed by atoms with E-state index in [0.717, 1.165) is 16.7 Å². The molecule has 0 unspecified atom stereocenters. The molecule has 5 heteroatoms. The van der Waals surface area contributed by atoms with Gasteiger partial charge in [0.15, 0.2) is 0 Å². The Morgan fingerprint density at radius 1 is 0.581 bits per heavy atom. The normalized spacial score (nSPS) is 10.8. The summed E-state index contributed by atoms with van der Waals surface area (Å²) in [5.74, 6) is 0. The second kappa shape index (κ2) is 9.30. The van der Waals surface area contributed by atoms with Gasteiger partial charge in [0.1, 0.15) is 5.69 Å². The van der Waals surface area contributed by atoms with Gasteiger partial charge in [-0.2, -0.15) is 0 Å². The van der Waals surface area contributed by atoms with E-state index in [1.807, 2.05) is 91.0 Å². The monoisotopic (exact) mass is 411 g/mol. The molecule has 0 bridgehead atoms. The van der Waals surface area contributed by atoms with Crippen LogP contribution in [0.4, 0.5) is 5.69 Å². The molecule has 4 aromatic rings. The minimum absolute atomic E-state index is 0.141. The van der Waals surface area contributed by atoms with Crippen molar-refractivity contribution >= 4 is 5.69 Å². The van der Waals surface area contributed by atoms with Crippen LogP contribution in [-0.4, -0.2) is 9.13 Å². The number of nitrogens with zero attached hydrogens (tertiary/aromatic N) is 2.